The third-order valence-corrected chi connectivity index (χ3v) is 3.01. The molecule has 0 aliphatic carbocycles. The van der Waals surface area contributed by atoms with Gasteiger partial charge in [-0.3, -0.25) is 0 Å². The number of hydrogen-bond acceptors (Lipinski definition) is 5. The van der Waals surface area contributed by atoms with E-state index in [0.717, 1.165) is 12.1 Å². The quantitative estimate of drug-likeness (QED) is 0.647. The number of aliphatic hydroxyl groups is 1. The number of nitrogens with zero attached hydrogens (tertiary/aromatic N) is 1. The summed E-state index contributed by atoms with van der Waals surface area (Å²) in [5, 5.41) is 12.3. The summed E-state index contributed by atoms with van der Waals surface area (Å²) in [6.07, 6.45) is -5.88. The third kappa shape index (κ3) is 3.85. The number of para-hydroxylation sites is 1. The minimum atomic E-state index is -4.60. The zero-order valence-electron chi connectivity index (χ0n) is 11.9. The van der Waals surface area contributed by atoms with E-state index in [-0.39, 0.29) is 17.1 Å². The topological polar surface area (TPSA) is 68.1 Å². The number of alkyl halides is 3. The second kappa shape index (κ2) is 6.76. The Hall–Kier alpha value is -2.45. The van der Waals surface area contributed by atoms with Crippen LogP contribution in [0.5, 0.6) is 11.5 Å². The molecule has 2 aromatic rings. The number of aliphatic hydroxyl groups excluding tert-OH is 1. The summed E-state index contributed by atoms with van der Waals surface area (Å²) in [5.74, 6) is -0.0322. The lowest BCUT2D eigenvalue weighted by Gasteiger charge is -2.15. The lowest BCUT2D eigenvalue weighted by atomic mass is 10.1. The van der Waals surface area contributed by atoms with Crippen LogP contribution in [0.3, 0.4) is 0 Å². The first-order valence-electron chi connectivity index (χ1n) is 6.39. The zero-order valence-corrected chi connectivity index (χ0v) is 11.9. The summed E-state index contributed by atoms with van der Waals surface area (Å²) in [7, 11) is 1.28. The number of halogens is 3. The van der Waals surface area contributed by atoms with Crippen LogP contribution in [0, 0.1) is 4.91 Å². The van der Waals surface area contributed by atoms with Gasteiger partial charge in [0.15, 0.2) is 17.7 Å². The van der Waals surface area contributed by atoms with Crippen LogP contribution < -0.4 is 4.74 Å². The predicted octanol–water partition coefficient (Wildman–Crippen LogP) is 4.53. The molecule has 122 valence electrons. The third-order valence-electron chi connectivity index (χ3n) is 3.01. The highest BCUT2D eigenvalue weighted by molar-refractivity contribution is 5.56. The molecule has 23 heavy (non-hydrogen) atoms. The van der Waals surface area contributed by atoms with Crippen molar-refractivity contribution >= 4 is 5.69 Å². The van der Waals surface area contributed by atoms with Crippen LogP contribution in [0.15, 0.2) is 47.6 Å². The summed E-state index contributed by atoms with van der Waals surface area (Å²) in [5.41, 5.74) is -1.25. The van der Waals surface area contributed by atoms with E-state index in [9.17, 15) is 23.2 Å². The molecule has 1 unspecified atom stereocenters. The van der Waals surface area contributed by atoms with Gasteiger partial charge in [0, 0.05) is 7.11 Å². The first-order valence-corrected chi connectivity index (χ1v) is 6.39. The molecule has 2 aromatic carbocycles. The maximum absolute atomic E-state index is 12.6. The average Bonchev–Trinajstić information content (AvgIpc) is 2.54. The van der Waals surface area contributed by atoms with Crippen molar-refractivity contribution in [3.63, 3.8) is 0 Å². The van der Waals surface area contributed by atoms with Crippen LogP contribution in [-0.4, -0.2) is 12.2 Å². The van der Waals surface area contributed by atoms with Crippen LogP contribution in [0.1, 0.15) is 17.4 Å². The summed E-state index contributed by atoms with van der Waals surface area (Å²) in [6, 6.07) is 8.58. The van der Waals surface area contributed by atoms with Crippen molar-refractivity contribution in [3.8, 4) is 11.5 Å². The van der Waals surface area contributed by atoms with E-state index < -0.39 is 23.7 Å². The second-order valence-electron chi connectivity index (χ2n) is 4.50. The van der Waals surface area contributed by atoms with E-state index in [0.29, 0.717) is 6.07 Å². The standard InChI is InChI=1S/C15H12F3NO4/c1-22-14(20)10-4-2-3-5-12(10)23-13-7-6-9(15(16,17)18)8-11(13)19-21/h2-8,14,20H,1H3. The monoisotopic (exact) mass is 327 g/mol. The maximum atomic E-state index is 12.6. The smallest absolute Gasteiger partial charge is 0.416 e. The van der Waals surface area contributed by atoms with E-state index in [1.165, 1.54) is 19.2 Å². The molecule has 0 aliphatic rings. The Morgan fingerprint density at radius 1 is 1.13 bits per heavy atom. The number of benzene rings is 2. The Morgan fingerprint density at radius 2 is 1.83 bits per heavy atom. The summed E-state index contributed by atoms with van der Waals surface area (Å²) >= 11 is 0. The highest BCUT2D eigenvalue weighted by atomic mass is 19.4. The Kier molecular flexibility index (Phi) is 4.97. The van der Waals surface area contributed by atoms with Crippen molar-refractivity contribution in [2.45, 2.75) is 12.5 Å². The van der Waals surface area contributed by atoms with Gasteiger partial charge in [-0.2, -0.15) is 13.2 Å². The van der Waals surface area contributed by atoms with Crippen molar-refractivity contribution < 1.29 is 27.8 Å². The highest BCUT2D eigenvalue weighted by Crippen LogP contribution is 2.39. The Balaban J connectivity index is 2.40. The predicted molar refractivity (Wildman–Crippen MR) is 75.4 cm³/mol. The van der Waals surface area contributed by atoms with Crippen molar-refractivity contribution in [1.29, 1.82) is 0 Å². The summed E-state index contributed by atoms with van der Waals surface area (Å²) in [6.45, 7) is 0. The minimum absolute atomic E-state index is 0.131. The van der Waals surface area contributed by atoms with Gasteiger partial charge in [-0.15, -0.1) is 4.91 Å². The van der Waals surface area contributed by atoms with Gasteiger partial charge in [0.1, 0.15) is 5.75 Å². The molecular weight excluding hydrogens is 315 g/mol. The lowest BCUT2D eigenvalue weighted by molar-refractivity contribution is -0.137. The molecule has 2 rings (SSSR count). The number of nitroso groups, excluding NO2 is 1. The molecule has 1 atom stereocenters. The lowest BCUT2D eigenvalue weighted by Crippen LogP contribution is -2.05. The van der Waals surface area contributed by atoms with E-state index in [1.54, 1.807) is 12.1 Å². The Morgan fingerprint density at radius 3 is 2.43 bits per heavy atom. The zero-order chi connectivity index (χ0) is 17.0. The van der Waals surface area contributed by atoms with E-state index in [2.05, 4.69) is 5.18 Å². The van der Waals surface area contributed by atoms with Gasteiger partial charge in [0.2, 0.25) is 0 Å². The summed E-state index contributed by atoms with van der Waals surface area (Å²) < 4.78 is 48.1. The number of methoxy groups -OCH3 is 1. The fourth-order valence-corrected chi connectivity index (χ4v) is 1.87. The normalized spacial score (nSPS) is 12.7. The first-order chi connectivity index (χ1) is 10.9. The molecule has 8 heteroatoms. The Bertz CT molecular complexity index is 703. The number of rotatable bonds is 5. The number of ether oxygens (including phenoxy) is 2. The van der Waals surface area contributed by atoms with Crippen molar-refractivity contribution in [1.82, 2.24) is 0 Å². The van der Waals surface area contributed by atoms with Gasteiger partial charge in [-0.25, -0.2) is 0 Å². The molecule has 0 aliphatic heterocycles. The van der Waals surface area contributed by atoms with E-state index in [1.807, 2.05) is 0 Å². The molecule has 5 nitrogen and oxygen atoms in total. The fraction of sp³-hybridized carbons (Fsp3) is 0.200. The number of hydrogen-bond donors (Lipinski definition) is 1. The molecule has 0 spiro atoms. The molecular formula is C15H12F3NO4. The first kappa shape index (κ1) is 16.9. The molecule has 0 radical (unpaired) electrons. The maximum Gasteiger partial charge on any atom is 0.416 e. The molecule has 0 amide bonds. The van der Waals surface area contributed by atoms with Crippen molar-refractivity contribution in [3.05, 3.63) is 58.5 Å². The Labute approximate surface area is 129 Å². The summed E-state index contributed by atoms with van der Waals surface area (Å²) in [4.78, 5) is 10.8. The second-order valence-corrected chi connectivity index (χ2v) is 4.50. The molecule has 0 saturated carbocycles. The van der Waals surface area contributed by atoms with Crippen LogP contribution in [0.25, 0.3) is 0 Å². The molecule has 1 N–H and O–H groups in total. The SMILES string of the molecule is COC(O)c1ccccc1Oc1ccc(C(F)(F)F)cc1N=O. The van der Waals surface area contributed by atoms with Gasteiger partial charge < -0.3 is 14.6 Å². The van der Waals surface area contributed by atoms with Crippen LogP contribution in [-0.2, 0) is 10.9 Å². The van der Waals surface area contributed by atoms with Crippen molar-refractivity contribution in [2.24, 2.45) is 5.18 Å². The van der Waals surface area contributed by atoms with Gasteiger partial charge in [0.25, 0.3) is 0 Å². The largest absolute Gasteiger partial charge is 0.454 e. The van der Waals surface area contributed by atoms with E-state index in [4.69, 9.17) is 9.47 Å². The fourth-order valence-electron chi connectivity index (χ4n) is 1.87. The van der Waals surface area contributed by atoms with Crippen molar-refractivity contribution in [2.75, 3.05) is 7.11 Å². The van der Waals surface area contributed by atoms with E-state index >= 15 is 0 Å². The molecule has 0 saturated heterocycles. The minimum Gasteiger partial charge on any atom is -0.454 e. The van der Waals surface area contributed by atoms with Crippen LogP contribution in [0.4, 0.5) is 18.9 Å². The highest BCUT2D eigenvalue weighted by Gasteiger charge is 2.31. The van der Waals surface area contributed by atoms with Gasteiger partial charge >= 0.3 is 6.18 Å². The molecule has 0 aromatic heterocycles. The average molecular weight is 327 g/mol. The van der Waals surface area contributed by atoms with Gasteiger partial charge in [0.05, 0.1) is 11.1 Å². The molecule has 0 bridgehead atoms. The molecule has 0 heterocycles. The van der Waals surface area contributed by atoms with Crippen LogP contribution >= 0.6 is 0 Å². The van der Waals surface area contributed by atoms with Crippen LogP contribution in [0.2, 0.25) is 0 Å². The molecule has 0 fully saturated rings. The van der Waals surface area contributed by atoms with Gasteiger partial charge in [-0.05, 0) is 29.4 Å². The van der Waals surface area contributed by atoms with Gasteiger partial charge in [-0.1, -0.05) is 18.2 Å².